The van der Waals surface area contributed by atoms with E-state index in [-0.39, 0.29) is 57.8 Å². The molecule has 0 saturated heterocycles. The number of aliphatic hydroxyl groups is 1. The standard InChI is InChI=1S/C19H40O4S.K/c1-3-5-7-9-10-12-14-16-19(24(21,22)23)17-18(20)15-13-11-8-6-4-2;/h18-20H,3-17H2,1-2H3,(H,21,22,23);/q;+1/p-1. The van der Waals surface area contributed by atoms with Crippen LogP contribution in [-0.2, 0) is 10.1 Å². The van der Waals surface area contributed by atoms with Gasteiger partial charge < -0.3 is 9.66 Å². The zero-order valence-electron chi connectivity index (χ0n) is 16.8. The van der Waals surface area contributed by atoms with E-state index in [1.54, 1.807) is 0 Å². The van der Waals surface area contributed by atoms with Crippen molar-refractivity contribution >= 4 is 10.1 Å². The molecule has 25 heavy (non-hydrogen) atoms. The third-order valence-electron chi connectivity index (χ3n) is 4.71. The van der Waals surface area contributed by atoms with Gasteiger partial charge in [-0.1, -0.05) is 90.9 Å². The molecule has 0 aromatic carbocycles. The molecule has 0 aliphatic carbocycles. The van der Waals surface area contributed by atoms with Crippen LogP contribution in [0.3, 0.4) is 0 Å². The van der Waals surface area contributed by atoms with Crippen molar-refractivity contribution < 1.29 is 69.5 Å². The first-order valence-corrected chi connectivity index (χ1v) is 11.5. The first-order valence-electron chi connectivity index (χ1n) is 10.0. The molecule has 0 bridgehead atoms. The maximum absolute atomic E-state index is 11.4. The van der Waals surface area contributed by atoms with Crippen LogP contribution in [0.2, 0.25) is 0 Å². The van der Waals surface area contributed by atoms with Crippen molar-refractivity contribution in [3.05, 3.63) is 0 Å². The van der Waals surface area contributed by atoms with Gasteiger partial charge in [-0.15, -0.1) is 0 Å². The monoisotopic (exact) mass is 402 g/mol. The molecule has 0 heterocycles. The quantitative estimate of drug-likeness (QED) is 0.230. The van der Waals surface area contributed by atoms with Crippen molar-refractivity contribution in [1.29, 1.82) is 0 Å². The van der Waals surface area contributed by atoms with Gasteiger partial charge in [-0.2, -0.15) is 0 Å². The van der Waals surface area contributed by atoms with E-state index < -0.39 is 21.5 Å². The van der Waals surface area contributed by atoms with E-state index in [9.17, 15) is 18.1 Å². The van der Waals surface area contributed by atoms with E-state index in [1.165, 1.54) is 38.5 Å². The summed E-state index contributed by atoms with van der Waals surface area (Å²) in [4.78, 5) is 0. The molecule has 0 rings (SSSR count). The summed E-state index contributed by atoms with van der Waals surface area (Å²) < 4.78 is 34.3. The van der Waals surface area contributed by atoms with Gasteiger partial charge in [-0.05, 0) is 19.3 Å². The Morgan fingerprint density at radius 1 is 0.760 bits per heavy atom. The molecule has 146 valence electrons. The molecule has 4 nitrogen and oxygen atoms in total. The van der Waals surface area contributed by atoms with Crippen molar-refractivity contribution in [1.82, 2.24) is 0 Å². The number of rotatable bonds is 17. The average Bonchev–Trinajstić information content (AvgIpc) is 2.51. The van der Waals surface area contributed by atoms with Crippen LogP contribution in [0.4, 0.5) is 0 Å². The SMILES string of the molecule is CCCCCCCCCC(CC(O)CCCCCCC)S(=O)(=O)[O-].[K+]. The van der Waals surface area contributed by atoms with Crippen LogP contribution < -0.4 is 51.4 Å². The van der Waals surface area contributed by atoms with E-state index in [4.69, 9.17) is 0 Å². The van der Waals surface area contributed by atoms with E-state index in [1.807, 2.05) is 0 Å². The molecule has 0 aromatic rings. The molecule has 0 radical (unpaired) electrons. The average molecular weight is 403 g/mol. The van der Waals surface area contributed by atoms with Crippen LogP contribution in [0.15, 0.2) is 0 Å². The van der Waals surface area contributed by atoms with Crippen LogP contribution >= 0.6 is 0 Å². The van der Waals surface area contributed by atoms with Crippen LogP contribution in [-0.4, -0.2) is 29.4 Å². The van der Waals surface area contributed by atoms with Gasteiger partial charge in [0.05, 0.1) is 21.5 Å². The van der Waals surface area contributed by atoms with Gasteiger partial charge in [0.15, 0.2) is 0 Å². The summed E-state index contributed by atoms with van der Waals surface area (Å²) in [7, 11) is -4.31. The largest absolute Gasteiger partial charge is 1.00 e. The predicted molar refractivity (Wildman–Crippen MR) is 100 cm³/mol. The molecule has 0 amide bonds. The predicted octanol–water partition coefficient (Wildman–Crippen LogP) is 2.16. The molecule has 2 atom stereocenters. The van der Waals surface area contributed by atoms with Gasteiger partial charge in [0, 0.05) is 0 Å². The molecule has 6 heteroatoms. The normalized spacial score (nSPS) is 14.1. The minimum atomic E-state index is -4.31. The van der Waals surface area contributed by atoms with Crippen molar-refractivity contribution in [2.24, 2.45) is 0 Å². The van der Waals surface area contributed by atoms with Crippen LogP contribution in [0.25, 0.3) is 0 Å². The third-order valence-corrected chi connectivity index (χ3v) is 5.96. The second-order valence-corrected chi connectivity index (χ2v) is 8.77. The van der Waals surface area contributed by atoms with Crippen LogP contribution in [0, 0.1) is 0 Å². The maximum atomic E-state index is 11.4. The fraction of sp³-hybridized carbons (Fsp3) is 1.00. The summed E-state index contributed by atoms with van der Waals surface area (Å²) in [6, 6.07) is 0. The minimum Gasteiger partial charge on any atom is -0.748 e. The Balaban J connectivity index is 0. The van der Waals surface area contributed by atoms with Crippen molar-refractivity contribution in [2.75, 3.05) is 0 Å². The molecule has 0 saturated carbocycles. The van der Waals surface area contributed by atoms with E-state index in [0.717, 1.165) is 38.5 Å². The second kappa shape index (κ2) is 18.9. The minimum absolute atomic E-state index is 0. The van der Waals surface area contributed by atoms with E-state index >= 15 is 0 Å². The van der Waals surface area contributed by atoms with E-state index in [0.29, 0.717) is 12.8 Å². The first kappa shape index (κ1) is 28.7. The molecular weight excluding hydrogens is 363 g/mol. The molecule has 0 spiro atoms. The smallest absolute Gasteiger partial charge is 0.748 e. The van der Waals surface area contributed by atoms with E-state index in [2.05, 4.69) is 13.8 Å². The van der Waals surface area contributed by atoms with Gasteiger partial charge in [-0.25, -0.2) is 8.42 Å². The Bertz CT molecular complexity index is 374. The topological polar surface area (TPSA) is 77.4 Å². The Kier molecular flexibility index (Phi) is 21.7. The summed E-state index contributed by atoms with van der Waals surface area (Å²) in [5.74, 6) is 0. The molecule has 1 N–H and O–H groups in total. The summed E-state index contributed by atoms with van der Waals surface area (Å²) in [6.07, 6.45) is 13.7. The molecule has 2 unspecified atom stereocenters. The molecule has 0 aliphatic heterocycles. The number of hydrogen-bond donors (Lipinski definition) is 1. The Morgan fingerprint density at radius 2 is 1.16 bits per heavy atom. The van der Waals surface area contributed by atoms with Crippen LogP contribution in [0.5, 0.6) is 0 Å². The number of hydrogen-bond acceptors (Lipinski definition) is 4. The Labute approximate surface area is 199 Å². The van der Waals surface area contributed by atoms with Gasteiger partial charge in [0.25, 0.3) is 0 Å². The van der Waals surface area contributed by atoms with Crippen molar-refractivity contribution in [3.8, 4) is 0 Å². The van der Waals surface area contributed by atoms with Crippen LogP contribution in [0.1, 0.15) is 110 Å². The van der Waals surface area contributed by atoms with Gasteiger partial charge in [0.1, 0.15) is 0 Å². The fourth-order valence-electron chi connectivity index (χ4n) is 3.11. The van der Waals surface area contributed by atoms with Crippen molar-refractivity contribution in [2.45, 2.75) is 122 Å². The van der Waals surface area contributed by atoms with Gasteiger partial charge in [0.2, 0.25) is 0 Å². The molecular formula is C19H39KO4S. The summed E-state index contributed by atoms with van der Waals surface area (Å²) in [5, 5.41) is 9.12. The fourth-order valence-corrected chi connectivity index (χ4v) is 4.03. The Morgan fingerprint density at radius 3 is 1.60 bits per heavy atom. The Hall–Kier alpha value is 1.51. The zero-order valence-corrected chi connectivity index (χ0v) is 20.8. The van der Waals surface area contributed by atoms with Crippen molar-refractivity contribution in [3.63, 3.8) is 0 Å². The zero-order chi connectivity index (χ0) is 18.3. The third kappa shape index (κ3) is 18.6. The number of unbranched alkanes of at least 4 members (excludes halogenated alkanes) is 10. The summed E-state index contributed by atoms with van der Waals surface area (Å²) >= 11 is 0. The maximum Gasteiger partial charge on any atom is 1.00 e. The number of aliphatic hydroxyl groups excluding tert-OH is 1. The molecule has 0 fully saturated rings. The molecule has 0 aromatic heterocycles. The van der Waals surface area contributed by atoms with Gasteiger partial charge in [-0.3, -0.25) is 0 Å². The summed E-state index contributed by atoms with van der Waals surface area (Å²) in [6.45, 7) is 4.33. The first-order chi connectivity index (χ1) is 11.4. The summed E-state index contributed by atoms with van der Waals surface area (Å²) in [5.41, 5.74) is 0. The molecule has 0 aliphatic rings. The second-order valence-electron chi connectivity index (χ2n) is 7.12. The van der Waals surface area contributed by atoms with Gasteiger partial charge >= 0.3 is 51.4 Å².